The number of halogens is 3. The molecule has 9 nitrogen and oxygen atoms in total. The molecule has 0 aliphatic heterocycles. The highest BCUT2D eigenvalue weighted by Crippen LogP contribution is 2.40. The minimum atomic E-state index is -4.36. The third kappa shape index (κ3) is 4.56. The van der Waals surface area contributed by atoms with E-state index in [4.69, 9.17) is 4.74 Å². The lowest BCUT2D eigenvalue weighted by Gasteiger charge is -2.35. The molecule has 4 aromatic rings. The number of amides is 1. The zero-order valence-electron chi connectivity index (χ0n) is 17.5. The number of thiazole rings is 1. The number of nitrogens with one attached hydrogen (secondary N) is 1. The van der Waals surface area contributed by atoms with Crippen molar-refractivity contribution in [1.82, 2.24) is 29.9 Å². The molecule has 1 saturated carbocycles. The number of ether oxygens (including phenoxy) is 1. The van der Waals surface area contributed by atoms with Crippen molar-refractivity contribution in [1.29, 1.82) is 0 Å². The van der Waals surface area contributed by atoms with E-state index in [1.165, 1.54) is 22.4 Å². The molecule has 176 valence electrons. The maximum absolute atomic E-state index is 13.4. The van der Waals surface area contributed by atoms with E-state index in [9.17, 15) is 18.0 Å². The van der Waals surface area contributed by atoms with Gasteiger partial charge in [0.15, 0.2) is 0 Å². The monoisotopic (exact) mass is 489 g/mol. The van der Waals surface area contributed by atoms with Crippen molar-refractivity contribution in [2.45, 2.75) is 31.2 Å². The van der Waals surface area contributed by atoms with Gasteiger partial charge >= 0.3 is 6.18 Å². The van der Waals surface area contributed by atoms with Crippen molar-refractivity contribution in [3.8, 4) is 11.4 Å². The number of aromatic amines is 1. The summed E-state index contributed by atoms with van der Waals surface area (Å²) in [4.78, 5) is 23.4. The Morgan fingerprint density at radius 2 is 2.15 bits per heavy atom. The Balaban J connectivity index is 1.49. The number of rotatable bonds is 7. The lowest BCUT2D eigenvalue weighted by molar-refractivity contribution is -0.196. The van der Waals surface area contributed by atoms with Crippen LogP contribution in [0.1, 0.15) is 29.4 Å². The number of carbonyl (C=O) groups excluding carboxylic acids is 1. The highest BCUT2D eigenvalue weighted by atomic mass is 32.1. The van der Waals surface area contributed by atoms with E-state index in [1.54, 1.807) is 52.4 Å². The molecular weight excluding hydrogens is 471 g/mol. The molecule has 0 bridgehead atoms. The maximum Gasteiger partial charge on any atom is 0.411 e. The van der Waals surface area contributed by atoms with Gasteiger partial charge in [-0.1, -0.05) is 6.07 Å². The molecular formula is C21H18F3N7O2S. The van der Waals surface area contributed by atoms with Crippen molar-refractivity contribution in [3.63, 3.8) is 0 Å². The van der Waals surface area contributed by atoms with E-state index in [0.29, 0.717) is 35.6 Å². The molecule has 1 fully saturated rings. The zero-order valence-corrected chi connectivity index (χ0v) is 18.3. The molecule has 0 saturated heterocycles. The molecule has 5 rings (SSSR count). The van der Waals surface area contributed by atoms with Crippen LogP contribution in [0.5, 0.6) is 0 Å². The fourth-order valence-electron chi connectivity index (χ4n) is 3.69. The Bertz CT molecular complexity index is 1240. The lowest BCUT2D eigenvalue weighted by Crippen LogP contribution is -2.36. The average molecular weight is 489 g/mol. The zero-order chi connectivity index (χ0) is 23.7. The Morgan fingerprint density at radius 1 is 1.29 bits per heavy atom. The Hall–Kier alpha value is -3.58. The predicted molar refractivity (Wildman–Crippen MR) is 117 cm³/mol. The quantitative estimate of drug-likeness (QED) is 0.413. The number of anilines is 2. The number of alkyl halides is 3. The molecule has 1 amide bonds. The van der Waals surface area contributed by atoms with Crippen LogP contribution in [0, 0.1) is 0 Å². The van der Waals surface area contributed by atoms with Crippen LogP contribution < -0.4 is 4.90 Å². The molecule has 13 heteroatoms. The first-order valence-corrected chi connectivity index (χ1v) is 11.2. The van der Waals surface area contributed by atoms with Gasteiger partial charge in [0.1, 0.15) is 18.0 Å². The largest absolute Gasteiger partial charge is 0.411 e. The fourth-order valence-corrected chi connectivity index (χ4v) is 4.21. The van der Waals surface area contributed by atoms with Crippen LogP contribution in [0.4, 0.5) is 24.5 Å². The molecule has 0 radical (unpaired) electrons. The summed E-state index contributed by atoms with van der Waals surface area (Å²) < 4.78 is 44.0. The second-order valence-electron chi connectivity index (χ2n) is 7.70. The topological polar surface area (TPSA) is 102 Å². The standard InChI is InChI=1S/C21H18F3N7O2S/c22-21(23,24)11-33-15-5-13(6-15)30-9-18(19(29-30)16-3-1-2-4-25-16)31(14-7-27-28-8-14)20(32)17-10-34-12-26-17/h1-4,7-10,12-13,15H,5-6,11H2,(H,27,28). The van der Waals surface area contributed by atoms with Crippen molar-refractivity contribution in [3.05, 3.63) is 59.6 Å². The second kappa shape index (κ2) is 8.99. The van der Waals surface area contributed by atoms with E-state index in [1.807, 2.05) is 0 Å². The molecule has 0 spiro atoms. The third-order valence-corrected chi connectivity index (χ3v) is 5.97. The van der Waals surface area contributed by atoms with Crippen molar-refractivity contribution in [2.75, 3.05) is 11.5 Å². The highest BCUT2D eigenvalue weighted by Gasteiger charge is 2.37. The lowest BCUT2D eigenvalue weighted by atomic mass is 9.89. The van der Waals surface area contributed by atoms with Crippen LogP contribution in [0.3, 0.4) is 0 Å². The summed E-state index contributed by atoms with van der Waals surface area (Å²) in [6.45, 7) is -1.27. The van der Waals surface area contributed by atoms with Gasteiger partial charge < -0.3 is 4.74 Å². The third-order valence-electron chi connectivity index (χ3n) is 5.38. The number of H-pyrrole nitrogens is 1. The van der Waals surface area contributed by atoms with Gasteiger partial charge in [-0.15, -0.1) is 11.3 Å². The van der Waals surface area contributed by atoms with Crippen molar-refractivity contribution < 1.29 is 22.7 Å². The number of nitrogens with zero attached hydrogens (tertiary/aromatic N) is 6. The van der Waals surface area contributed by atoms with E-state index in [0.717, 1.165) is 0 Å². The summed E-state index contributed by atoms with van der Waals surface area (Å²) in [6, 6.07) is 5.17. The maximum atomic E-state index is 13.4. The summed E-state index contributed by atoms with van der Waals surface area (Å²) in [5.41, 5.74) is 3.76. The van der Waals surface area contributed by atoms with Crippen LogP contribution in [0.25, 0.3) is 11.4 Å². The van der Waals surface area contributed by atoms with Crippen LogP contribution in [0.15, 0.2) is 53.9 Å². The number of hydrogen-bond donors (Lipinski definition) is 1. The normalized spacial score (nSPS) is 18.0. The molecule has 34 heavy (non-hydrogen) atoms. The van der Waals surface area contributed by atoms with Crippen molar-refractivity contribution >= 4 is 28.6 Å². The molecule has 0 aromatic carbocycles. The minimum absolute atomic E-state index is 0.171. The van der Waals surface area contributed by atoms with Gasteiger partial charge in [-0.25, -0.2) is 4.98 Å². The Labute approximate surface area is 195 Å². The Kier molecular flexibility index (Phi) is 5.87. The summed E-state index contributed by atoms with van der Waals surface area (Å²) in [5, 5.41) is 13.0. The smallest absolute Gasteiger partial charge is 0.369 e. The SMILES string of the molecule is O=C(c1cscn1)N(c1cn[nH]c1)c1cn(C2CC(OCC(F)(F)F)C2)nc1-c1ccccn1. The predicted octanol–water partition coefficient (Wildman–Crippen LogP) is 4.39. The molecule has 4 heterocycles. The average Bonchev–Trinajstić information content (AvgIpc) is 3.55. The molecule has 0 atom stereocenters. The minimum Gasteiger partial charge on any atom is -0.369 e. The van der Waals surface area contributed by atoms with Gasteiger partial charge in [0.2, 0.25) is 0 Å². The second-order valence-corrected chi connectivity index (χ2v) is 8.42. The van der Waals surface area contributed by atoms with Gasteiger partial charge in [-0.05, 0) is 25.0 Å². The van der Waals surface area contributed by atoms with Crippen LogP contribution >= 0.6 is 11.3 Å². The summed E-state index contributed by atoms with van der Waals surface area (Å²) in [6.07, 6.45) is 2.30. The number of aromatic nitrogens is 6. The first kappa shape index (κ1) is 22.2. The molecule has 0 unspecified atom stereocenters. The van der Waals surface area contributed by atoms with Gasteiger partial charge in [0, 0.05) is 17.8 Å². The summed E-state index contributed by atoms with van der Waals surface area (Å²) in [7, 11) is 0. The first-order valence-electron chi connectivity index (χ1n) is 10.3. The molecule has 1 aliphatic rings. The molecule has 4 aromatic heterocycles. The van der Waals surface area contributed by atoms with E-state index >= 15 is 0 Å². The number of carbonyl (C=O) groups is 1. The molecule has 1 aliphatic carbocycles. The summed E-state index contributed by atoms with van der Waals surface area (Å²) >= 11 is 1.30. The van der Waals surface area contributed by atoms with E-state index in [-0.39, 0.29) is 17.6 Å². The van der Waals surface area contributed by atoms with Gasteiger partial charge in [0.05, 0.1) is 47.1 Å². The van der Waals surface area contributed by atoms with Crippen molar-refractivity contribution in [2.24, 2.45) is 0 Å². The fraction of sp³-hybridized carbons (Fsp3) is 0.286. The highest BCUT2D eigenvalue weighted by molar-refractivity contribution is 7.07. The number of pyridine rings is 1. The van der Waals surface area contributed by atoms with E-state index < -0.39 is 18.9 Å². The van der Waals surface area contributed by atoms with E-state index in [2.05, 4.69) is 25.3 Å². The van der Waals surface area contributed by atoms with Crippen LogP contribution in [-0.2, 0) is 4.74 Å². The molecule has 1 N–H and O–H groups in total. The van der Waals surface area contributed by atoms with Crippen LogP contribution in [-0.4, -0.2) is 54.7 Å². The number of hydrogen-bond acceptors (Lipinski definition) is 7. The Morgan fingerprint density at radius 3 is 2.79 bits per heavy atom. The summed E-state index contributed by atoms with van der Waals surface area (Å²) in [5.74, 6) is -0.376. The van der Waals surface area contributed by atoms with Gasteiger partial charge in [0.25, 0.3) is 5.91 Å². The van der Waals surface area contributed by atoms with Gasteiger partial charge in [-0.3, -0.25) is 24.5 Å². The van der Waals surface area contributed by atoms with Gasteiger partial charge in [-0.2, -0.15) is 23.4 Å². The van der Waals surface area contributed by atoms with Crippen LogP contribution in [0.2, 0.25) is 0 Å². The first-order chi connectivity index (χ1) is 16.4.